The molecule has 0 saturated carbocycles. The molecule has 3 aromatic rings. The predicted molar refractivity (Wildman–Crippen MR) is 78.2 cm³/mol. The van der Waals surface area contributed by atoms with Crippen molar-refractivity contribution in [1.29, 1.82) is 0 Å². The highest BCUT2D eigenvalue weighted by atomic mass is 32.1. The molecule has 1 heterocycles. The number of fused-ring (bicyclic) bond motifs is 3. The molecule has 19 heavy (non-hydrogen) atoms. The number of rotatable bonds is 3. The Hall–Kier alpha value is -1.91. The second-order valence-electron chi connectivity index (χ2n) is 4.25. The van der Waals surface area contributed by atoms with Crippen LogP contribution in [-0.2, 0) is 16.1 Å². The van der Waals surface area contributed by atoms with Crippen LogP contribution in [0.15, 0.2) is 42.5 Å². The van der Waals surface area contributed by atoms with Crippen molar-refractivity contribution in [2.45, 2.75) is 6.42 Å². The van der Waals surface area contributed by atoms with E-state index in [1.807, 2.05) is 24.3 Å². The van der Waals surface area contributed by atoms with Crippen molar-refractivity contribution in [3.05, 3.63) is 48.0 Å². The maximum atomic E-state index is 11.6. The number of hydroxylamine groups is 1. The lowest BCUT2D eigenvalue weighted by Crippen LogP contribution is -2.16. The number of carbonyl (C=O) groups is 1. The van der Waals surface area contributed by atoms with Gasteiger partial charge in [0.2, 0.25) is 0 Å². The van der Waals surface area contributed by atoms with Gasteiger partial charge in [-0.05, 0) is 11.6 Å². The van der Waals surface area contributed by atoms with Crippen LogP contribution < -0.4 is 5.48 Å². The molecular weight excluding hydrogens is 258 g/mol. The molecule has 0 unspecified atom stereocenters. The summed E-state index contributed by atoms with van der Waals surface area (Å²) in [6.45, 7) is 0. The molecule has 1 N–H and O–H groups in total. The first-order valence-corrected chi connectivity index (χ1v) is 6.87. The highest BCUT2D eigenvalue weighted by Crippen LogP contribution is 2.35. The Balaban J connectivity index is 2.12. The van der Waals surface area contributed by atoms with Crippen LogP contribution in [0.3, 0.4) is 0 Å². The summed E-state index contributed by atoms with van der Waals surface area (Å²) in [4.78, 5) is 16.4. The van der Waals surface area contributed by atoms with E-state index in [1.54, 1.807) is 18.4 Å². The normalized spacial score (nSPS) is 11.0. The van der Waals surface area contributed by atoms with Crippen LogP contribution in [0.1, 0.15) is 5.56 Å². The molecule has 4 heteroatoms. The Kier molecular flexibility index (Phi) is 3.19. The Bertz CT molecular complexity index is 748. The van der Waals surface area contributed by atoms with Crippen LogP contribution in [0, 0.1) is 0 Å². The van der Waals surface area contributed by atoms with Crippen LogP contribution in [-0.4, -0.2) is 13.0 Å². The van der Waals surface area contributed by atoms with Gasteiger partial charge in [0.25, 0.3) is 0 Å². The van der Waals surface area contributed by atoms with Crippen LogP contribution in [0.2, 0.25) is 0 Å². The van der Waals surface area contributed by atoms with Crippen molar-refractivity contribution in [2.24, 2.45) is 0 Å². The predicted octanol–water partition coefficient (Wildman–Crippen LogP) is 3.27. The van der Waals surface area contributed by atoms with E-state index in [9.17, 15) is 4.79 Å². The molecule has 3 nitrogen and oxygen atoms in total. The lowest BCUT2D eigenvalue weighted by Gasteiger charge is -2.03. The second kappa shape index (κ2) is 4.99. The van der Waals surface area contributed by atoms with Gasteiger partial charge < -0.3 is 4.84 Å². The first-order valence-electron chi connectivity index (χ1n) is 6.05. The number of hydrogen-bond acceptors (Lipinski definition) is 4. The molecule has 0 atom stereocenters. The molecule has 96 valence electrons. The van der Waals surface area contributed by atoms with Gasteiger partial charge in [-0.1, -0.05) is 36.4 Å². The van der Waals surface area contributed by atoms with Gasteiger partial charge >= 0.3 is 5.97 Å². The van der Waals surface area contributed by atoms with Gasteiger partial charge in [0, 0.05) is 27.2 Å². The summed E-state index contributed by atoms with van der Waals surface area (Å²) in [7, 11) is 1.58. The summed E-state index contributed by atoms with van der Waals surface area (Å²) in [6, 6.07) is 14.4. The average molecular weight is 271 g/mol. The standard InChI is InChI=1S/C15H13NO2S/c1-16-18-14(17)9-10-5-4-7-12-11-6-2-3-8-13(11)19-15(10)12/h2-8,16H,9H2,1H3. The second-order valence-corrected chi connectivity index (χ2v) is 5.30. The lowest BCUT2D eigenvalue weighted by atomic mass is 10.1. The number of nitrogens with one attached hydrogen (secondary N) is 1. The number of hydrogen-bond donors (Lipinski definition) is 1. The SMILES string of the molecule is CNOC(=O)Cc1cccc2c1sc1ccccc12. The molecule has 0 aliphatic carbocycles. The third-order valence-corrected chi connectivity index (χ3v) is 4.30. The van der Waals surface area contributed by atoms with Gasteiger partial charge in [0.15, 0.2) is 0 Å². The molecule has 2 aromatic carbocycles. The van der Waals surface area contributed by atoms with E-state index in [0.29, 0.717) is 0 Å². The highest BCUT2D eigenvalue weighted by molar-refractivity contribution is 7.26. The Labute approximate surface area is 114 Å². The first-order chi connectivity index (χ1) is 9.29. The molecule has 1 aromatic heterocycles. The van der Waals surface area contributed by atoms with Crippen molar-refractivity contribution in [2.75, 3.05) is 7.05 Å². The molecule has 0 saturated heterocycles. The van der Waals surface area contributed by atoms with Gasteiger partial charge in [-0.15, -0.1) is 11.3 Å². The van der Waals surface area contributed by atoms with E-state index >= 15 is 0 Å². The summed E-state index contributed by atoms with van der Waals surface area (Å²) in [6.07, 6.45) is 0.283. The number of thiophene rings is 1. The summed E-state index contributed by atoms with van der Waals surface area (Å²) in [5.74, 6) is -0.271. The molecule has 0 amide bonds. The van der Waals surface area contributed by atoms with Gasteiger partial charge in [-0.3, -0.25) is 4.79 Å². The molecule has 0 aliphatic heterocycles. The molecular formula is C15H13NO2S. The molecule has 0 radical (unpaired) electrons. The molecule has 3 rings (SSSR count). The van der Waals surface area contributed by atoms with Crippen molar-refractivity contribution in [1.82, 2.24) is 5.48 Å². The van der Waals surface area contributed by atoms with Crippen molar-refractivity contribution >= 4 is 37.5 Å². The van der Waals surface area contributed by atoms with Gasteiger partial charge in [-0.2, -0.15) is 5.48 Å². The third kappa shape index (κ3) is 2.20. The Morgan fingerprint density at radius 3 is 2.79 bits per heavy atom. The van der Waals surface area contributed by atoms with E-state index in [-0.39, 0.29) is 12.4 Å². The van der Waals surface area contributed by atoms with E-state index in [0.717, 1.165) is 10.3 Å². The minimum Gasteiger partial charge on any atom is -0.371 e. The van der Waals surface area contributed by atoms with Crippen LogP contribution >= 0.6 is 11.3 Å². The maximum Gasteiger partial charge on any atom is 0.329 e. The molecule has 0 fully saturated rings. The monoisotopic (exact) mass is 271 g/mol. The topological polar surface area (TPSA) is 38.3 Å². The highest BCUT2D eigenvalue weighted by Gasteiger charge is 2.11. The molecule has 0 bridgehead atoms. The zero-order valence-corrected chi connectivity index (χ0v) is 11.3. The van der Waals surface area contributed by atoms with Crippen molar-refractivity contribution < 1.29 is 9.63 Å². The zero-order valence-electron chi connectivity index (χ0n) is 10.5. The average Bonchev–Trinajstić information content (AvgIpc) is 2.79. The van der Waals surface area contributed by atoms with E-state index in [4.69, 9.17) is 4.84 Å². The minimum absolute atomic E-state index is 0.271. The molecule has 0 aliphatic rings. The lowest BCUT2D eigenvalue weighted by molar-refractivity contribution is -0.149. The fourth-order valence-corrected chi connectivity index (χ4v) is 3.46. The minimum atomic E-state index is -0.271. The fourth-order valence-electron chi connectivity index (χ4n) is 2.25. The summed E-state index contributed by atoms with van der Waals surface area (Å²) in [5, 5.41) is 2.45. The Morgan fingerprint density at radius 1 is 1.16 bits per heavy atom. The number of carbonyl (C=O) groups excluding carboxylic acids is 1. The Morgan fingerprint density at radius 2 is 1.95 bits per heavy atom. The van der Waals surface area contributed by atoms with Gasteiger partial charge in [0.1, 0.15) is 0 Å². The largest absolute Gasteiger partial charge is 0.371 e. The first kappa shape index (κ1) is 12.1. The maximum absolute atomic E-state index is 11.6. The fraction of sp³-hybridized carbons (Fsp3) is 0.133. The van der Waals surface area contributed by atoms with Crippen molar-refractivity contribution in [3.63, 3.8) is 0 Å². The van der Waals surface area contributed by atoms with E-state index in [2.05, 4.69) is 23.7 Å². The van der Waals surface area contributed by atoms with Gasteiger partial charge in [0.05, 0.1) is 6.42 Å². The number of benzene rings is 2. The summed E-state index contributed by atoms with van der Waals surface area (Å²) < 4.78 is 2.41. The van der Waals surface area contributed by atoms with E-state index in [1.165, 1.54) is 15.5 Å². The smallest absolute Gasteiger partial charge is 0.329 e. The zero-order chi connectivity index (χ0) is 13.2. The van der Waals surface area contributed by atoms with Crippen LogP contribution in [0.5, 0.6) is 0 Å². The summed E-state index contributed by atoms with van der Waals surface area (Å²) >= 11 is 1.72. The summed E-state index contributed by atoms with van der Waals surface area (Å²) in [5.41, 5.74) is 3.43. The quantitative estimate of drug-likeness (QED) is 0.743. The third-order valence-electron chi connectivity index (χ3n) is 3.04. The molecule has 0 spiro atoms. The van der Waals surface area contributed by atoms with Crippen LogP contribution in [0.25, 0.3) is 20.2 Å². The van der Waals surface area contributed by atoms with E-state index < -0.39 is 0 Å². The van der Waals surface area contributed by atoms with Gasteiger partial charge in [-0.25, -0.2) is 0 Å². The van der Waals surface area contributed by atoms with Crippen LogP contribution in [0.4, 0.5) is 0 Å². The van der Waals surface area contributed by atoms with Crippen molar-refractivity contribution in [3.8, 4) is 0 Å².